The minimum absolute atomic E-state index is 0.111. The van der Waals surface area contributed by atoms with Gasteiger partial charge < -0.3 is 10.1 Å². The molecule has 0 saturated carbocycles. The van der Waals surface area contributed by atoms with Crippen LogP contribution < -0.4 is 10.5 Å². The molecular weight excluding hydrogens is 490 g/mol. The number of carbonyl (C=O) groups is 2. The van der Waals surface area contributed by atoms with Crippen LogP contribution in [0, 0.1) is 5.82 Å². The number of carbonyl (C=O) groups excluding carboxylic acids is 2. The number of rotatable bonds is 5. The maximum atomic E-state index is 13.7. The average molecular weight is 500 g/mol. The Morgan fingerprint density at radius 3 is 2.44 bits per heavy atom. The normalized spacial score (nSPS) is 11.1. The van der Waals surface area contributed by atoms with Crippen LogP contribution in [0.3, 0.4) is 0 Å². The van der Waals surface area contributed by atoms with Crippen molar-refractivity contribution in [2.24, 2.45) is 5.14 Å². The van der Waals surface area contributed by atoms with E-state index in [2.05, 4.69) is 21.2 Å². The van der Waals surface area contributed by atoms with Gasteiger partial charge in [0.05, 0.1) is 21.3 Å². The highest BCUT2D eigenvalue weighted by molar-refractivity contribution is 9.10. The Bertz CT molecular complexity index is 1030. The predicted molar refractivity (Wildman–Crippen MR) is 101 cm³/mol. The van der Waals surface area contributed by atoms with Crippen molar-refractivity contribution < 1.29 is 27.1 Å². The molecule has 0 radical (unpaired) electrons. The van der Waals surface area contributed by atoms with Crippen molar-refractivity contribution in [1.82, 2.24) is 0 Å². The SMILES string of the molecule is NS(=O)(=O)c1cc(C(=O)OCC(=O)Nc2ccc(Br)cc2F)c(Cl)cc1Cl. The van der Waals surface area contributed by atoms with Crippen LogP contribution in [0.1, 0.15) is 10.4 Å². The zero-order chi connectivity index (χ0) is 20.4. The largest absolute Gasteiger partial charge is 0.452 e. The topological polar surface area (TPSA) is 116 Å². The summed E-state index contributed by atoms with van der Waals surface area (Å²) in [4.78, 5) is 23.4. The summed E-state index contributed by atoms with van der Waals surface area (Å²) in [5.41, 5.74) is -0.465. The summed E-state index contributed by atoms with van der Waals surface area (Å²) in [6.07, 6.45) is 0. The number of amides is 1. The number of primary sulfonamides is 1. The molecule has 0 fully saturated rings. The molecule has 2 aromatic rings. The van der Waals surface area contributed by atoms with Crippen LogP contribution in [0.4, 0.5) is 10.1 Å². The van der Waals surface area contributed by atoms with Crippen molar-refractivity contribution in [3.05, 3.63) is 56.2 Å². The molecule has 0 aliphatic rings. The van der Waals surface area contributed by atoms with Gasteiger partial charge in [-0.15, -0.1) is 0 Å². The fourth-order valence-corrected chi connectivity index (χ4v) is 3.62. The quantitative estimate of drug-likeness (QED) is 0.612. The van der Waals surface area contributed by atoms with Gasteiger partial charge in [-0.3, -0.25) is 4.79 Å². The van der Waals surface area contributed by atoms with E-state index >= 15 is 0 Å². The third-order valence-corrected chi connectivity index (χ3v) is 5.27. The van der Waals surface area contributed by atoms with Gasteiger partial charge in [-0.1, -0.05) is 39.1 Å². The monoisotopic (exact) mass is 498 g/mol. The number of esters is 1. The van der Waals surface area contributed by atoms with Crippen LogP contribution in [0.25, 0.3) is 0 Å². The number of hydrogen-bond acceptors (Lipinski definition) is 5. The highest BCUT2D eigenvalue weighted by atomic mass is 79.9. The van der Waals surface area contributed by atoms with Crippen molar-refractivity contribution in [2.75, 3.05) is 11.9 Å². The first-order chi connectivity index (χ1) is 12.5. The van der Waals surface area contributed by atoms with Crippen LogP contribution >= 0.6 is 39.1 Å². The van der Waals surface area contributed by atoms with E-state index in [1.807, 2.05) is 0 Å². The third-order valence-electron chi connectivity index (χ3n) is 3.09. The van der Waals surface area contributed by atoms with E-state index in [1.165, 1.54) is 12.1 Å². The van der Waals surface area contributed by atoms with Gasteiger partial charge in [0.25, 0.3) is 5.91 Å². The first kappa shape index (κ1) is 21.6. The lowest BCUT2D eigenvalue weighted by Gasteiger charge is -2.10. The zero-order valence-corrected chi connectivity index (χ0v) is 17.0. The average Bonchev–Trinajstić information content (AvgIpc) is 2.54. The molecule has 0 aliphatic heterocycles. The second kappa shape index (κ2) is 8.53. The lowest BCUT2D eigenvalue weighted by atomic mass is 10.2. The standard InChI is InChI=1S/C15H10BrCl2FN2O5S/c16-7-1-2-12(11(19)3-7)21-14(22)6-26-15(23)8-4-13(27(20,24)25)10(18)5-9(8)17/h1-5H,6H2,(H,21,22)(H2,20,24,25). The maximum Gasteiger partial charge on any atom is 0.340 e. The van der Waals surface area contributed by atoms with Crippen molar-refractivity contribution in [3.8, 4) is 0 Å². The summed E-state index contributed by atoms with van der Waals surface area (Å²) in [7, 11) is -4.21. The van der Waals surface area contributed by atoms with Gasteiger partial charge in [-0.2, -0.15) is 0 Å². The zero-order valence-electron chi connectivity index (χ0n) is 13.1. The molecule has 1 amide bonds. The van der Waals surface area contributed by atoms with E-state index in [4.69, 9.17) is 33.1 Å². The van der Waals surface area contributed by atoms with E-state index in [-0.39, 0.29) is 21.3 Å². The van der Waals surface area contributed by atoms with Crippen molar-refractivity contribution in [3.63, 3.8) is 0 Å². The first-order valence-electron chi connectivity index (χ1n) is 6.93. The number of nitrogens with two attached hydrogens (primary N) is 1. The molecular formula is C15H10BrCl2FN2O5S. The van der Waals surface area contributed by atoms with E-state index < -0.39 is 39.2 Å². The predicted octanol–water partition coefficient (Wildman–Crippen LogP) is 3.34. The molecule has 2 rings (SSSR count). The van der Waals surface area contributed by atoms with E-state index in [9.17, 15) is 22.4 Å². The molecule has 27 heavy (non-hydrogen) atoms. The van der Waals surface area contributed by atoms with Gasteiger partial charge in [-0.05, 0) is 30.3 Å². The van der Waals surface area contributed by atoms with Crippen LogP contribution in [0.2, 0.25) is 10.0 Å². The molecule has 12 heteroatoms. The molecule has 0 unspecified atom stereocenters. The molecule has 0 bridgehead atoms. The van der Waals surface area contributed by atoms with Crippen LogP contribution in [-0.4, -0.2) is 26.9 Å². The number of halogens is 4. The first-order valence-corrected chi connectivity index (χ1v) is 10.0. The summed E-state index contributed by atoms with van der Waals surface area (Å²) in [5.74, 6) is -2.60. The Balaban J connectivity index is 2.10. The summed E-state index contributed by atoms with van der Waals surface area (Å²) in [6.45, 7) is -0.766. The van der Waals surface area contributed by atoms with Gasteiger partial charge in [0.15, 0.2) is 6.61 Å². The molecule has 0 heterocycles. The molecule has 0 saturated heterocycles. The fourth-order valence-electron chi connectivity index (χ4n) is 1.89. The fraction of sp³-hybridized carbons (Fsp3) is 0.0667. The number of benzene rings is 2. The smallest absolute Gasteiger partial charge is 0.340 e. The van der Waals surface area contributed by atoms with Crippen LogP contribution in [0.5, 0.6) is 0 Å². The van der Waals surface area contributed by atoms with Gasteiger partial charge in [0.2, 0.25) is 10.0 Å². The summed E-state index contributed by atoms with van der Waals surface area (Å²) >= 11 is 14.7. The van der Waals surface area contributed by atoms with E-state index in [0.717, 1.165) is 18.2 Å². The number of anilines is 1. The van der Waals surface area contributed by atoms with E-state index in [0.29, 0.717) is 4.47 Å². The maximum absolute atomic E-state index is 13.7. The molecule has 2 aromatic carbocycles. The molecule has 0 atom stereocenters. The molecule has 0 spiro atoms. The van der Waals surface area contributed by atoms with Crippen LogP contribution in [0.15, 0.2) is 39.7 Å². The summed E-state index contributed by atoms with van der Waals surface area (Å²) < 4.78 is 41.8. The van der Waals surface area contributed by atoms with Crippen molar-refractivity contribution >= 4 is 66.7 Å². The van der Waals surface area contributed by atoms with Crippen molar-refractivity contribution in [1.29, 1.82) is 0 Å². The van der Waals surface area contributed by atoms with Crippen LogP contribution in [-0.2, 0) is 19.6 Å². The minimum Gasteiger partial charge on any atom is -0.452 e. The Labute approximate surface area is 171 Å². The molecule has 7 nitrogen and oxygen atoms in total. The number of ether oxygens (including phenoxy) is 1. The Morgan fingerprint density at radius 1 is 1.19 bits per heavy atom. The number of sulfonamides is 1. The highest BCUT2D eigenvalue weighted by Gasteiger charge is 2.21. The lowest BCUT2D eigenvalue weighted by molar-refractivity contribution is -0.119. The molecule has 0 aliphatic carbocycles. The minimum atomic E-state index is -4.21. The van der Waals surface area contributed by atoms with Gasteiger partial charge >= 0.3 is 5.97 Å². The highest BCUT2D eigenvalue weighted by Crippen LogP contribution is 2.28. The second-order valence-corrected chi connectivity index (χ2v) is 8.32. The Hall–Kier alpha value is -1.72. The van der Waals surface area contributed by atoms with E-state index in [1.54, 1.807) is 0 Å². The van der Waals surface area contributed by atoms with Crippen molar-refractivity contribution in [2.45, 2.75) is 4.90 Å². The summed E-state index contributed by atoms with van der Waals surface area (Å²) in [6, 6.07) is 5.82. The molecule has 144 valence electrons. The Morgan fingerprint density at radius 2 is 1.85 bits per heavy atom. The third kappa shape index (κ3) is 5.63. The summed E-state index contributed by atoms with van der Waals surface area (Å²) in [5, 5.41) is 6.75. The molecule has 3 N–H and O–H groups in total. The van der Waals surface area contributed by atoms with Gasteiger partial charge in [0, 0.05) is 4.47 Å². The van der Waals surface area contributed by atoms with Gasteiger partial charge in [-0.25, -0.2) is 22.7 Å². The molecule has 0 aromatic heterocycles. The Kier molecular flexibility index (Phi) is 6.82. The second-order valence-electron chi connectivity index (χ2n) is 5.06. The number of hydrogen-bond donors (Lipinski definition) is 2. The lowest BCUT2D eigenvalue weighted by Crippen LogP contribution is -2.22. The van der Waals surface area contributed by atoms with Gasteiger partial charge in [0.1, 0.15) is 10.7 Å². The number of nitrogens with one attached hydrogen (secondary N) is 1.